The summed E-state index contributed by atoms with van der Waals surface area (Å²) in [7, 11) is 0. The van der Waals surface area contributed by atoms with E-state index in [1.807, 2.05) is 6.07 Å². The minimum atomic E-state index is -0.325. The molecule has 2 heteroatoms. The minimum absolute atomic E-state index is 0.313. The van der Waals surface area contributed by atoms with Crippen molar-refractivity contribution in [1.82, 2.24) is 4.90 Å². The zero-order chi connectivity index (χ0) is 14.9. The number of likely N-dealkylation sites (tertiary alicyclic amines) is 1. The van der Waals surface area contributed by atoms with Gasteiger partial charge in [-0.25, -0.2) is 0 Å². The average molecular weight is 285 g/mol. The van der Waals surface area contributed by atoms with Crippen molar-refractivity contribution < 1.29 is 4.79 Å². The van der Waals surface area contributed by atoms with Crippen molar-refractivity contribution in [3.63, 3.8) is 0 Å². The average Bonchev–Trinajstić information content (AvgIpc) is 2.99. The number of nitrogens with zero attached hydrogens (tertiary/aromatic N) is 1. The Bertz CT molecular complexity index is 514. The lowest BCUT2D eigenvalue weighted by molar-refractivity contribution is 0.0647. The number of carbonyl (C=O) groups excluding carboxylic acids is 1. The van der Waals surface area contributed by atoms with Crippen LogP contribution >= 0.6 is 0 Å². The number of carbonyl (C=O) groups is 1. The van der Waals surface area contributed by atoms with Crippen LogP contribution in [0.25, 0.3) is 0 Å². The molecule has 1 aromatic carbocycles. The van der Waals surface area contributed by atoms with Crippen LogP contribution in [0.2, 0.25) is 0 Å². The summed E-state index contributed by atoms with van der Waals surface area (Å²) >= 11 is 0. The topological polar surface area (TPSA) is 20.3 Å². The summed E-state index contributed by atoms with van der Waals surface area (Å²) in [6, 6.07) is 8.44. The summed E-state index contributed by atoms with van der Waals surface area (Å²) in [5.41, 5.74) is 1.96. The molecule has 0 radical (unpaired) electrons. The molecule has 114 valence electrons. The Morgan fingerprint density at radius 2 is 1.95 bits per heavy atom. The summed E-state index contributed by atoms with van der Waals surface area (Å²) in [4.78, 5) is 15.5. The second kappa shape index (κ2) is 5.92. The third kappa shape index (κ3) is 2.66. The molecule has 2 nitrogen and oxygen atoms in total. The summed E-state index contributed by atoms with van der Waals surface area (Å²) in [6.45, 7) is 6.42. The summed E-state index contributed by atoms with van der Waals surface area (Å²) in [5.74, 6) is 1.01. The number of hydrogen-bond acceptors (Lipinski definition) is 2. The first kappa shape index (κ1) is 14.8. The van der Waals surface area contributed by atoms with Crippen molar-refractivity contribution in [2.45, 2.75) is 63.8 Å². The molecule has 0 N–H and O–H groups in total. The molecule has 1 saturated heterocycles. The molecule has 3 rings (SSSR count). The van der Waals surface area contributed by atoms with Crippen LogP contribution in [0.1, 0.15) is 74.2 Å². The predicted molar refractivity (Wildman–Crippen MR) is 86.9 cm³/mol. The van der Waals surface area contributed by atoms with Crippen LogP contribution in [0.3, 0.4) is 0 Å². The molecule has 1 saturated carbocycles. The van der Waals surface area contributed by atoms with E-state index < -0.39 is 0 Å². The first-order chi connectivity index (χ1) is 10.1. The first-order valence-corrected chi connectivity index (χ1v) is 8.55. The number of benzene rings is 1. The van der Waals surface area contributed by atoms with Gasteiger partial charge in [0.2, 0.25) is 0 Å². The second-order valence-corrected chi connectivity index (χ2v) is 6.90. The number of hydrogen-bond donors (Lipinski definition) is 0. The van der Waals surface area contributed by atoms with Gasteiger partial charge < -0.3 is 0 Å². The van der Waals surface area contributed by atoms with E-state index in [1.54, 1.807) is 0 Å². The Morgan fingerprint density at radius 1 is 1.24 bits per heavy atom. The van der Waals surface area contributed by atoms with E-state index in [1.165, 1.54) is 37.7 Å². The van der Waals surface area contributed by atoms with Crippen LogP contribution in [0.15, 0.2) is 24.3 Å². The van der Waals surface area contributed by atoms with Gasteiger partial charge in [-0.3, -0.25) is 9.69 Å². The number of ketones is 1. The zero-order valence-electron chi connectivity index (χ0n) is 13.4. The molecule has 1 aliphatic carbocycles. The van der Waals surface area contributed by atoms with Gasteiger partial charge in [0.1, 0.15) is 0 Å². The summed E-state index contributed by atoms with van der Waals surface area (Å²) < 4.78 is 0. The Balaban J connectivity index is 1.85. The van der Waals surface area contributed by atoms with Gasteiger partial charge in [0.05, 0.1) is 5.54 Å². The highest BCUT2D eigenvalue weighted by atomic mass is 16.1. The van der Waals surface area contributed by atoms with E-state index in [9.17, 15) is 4.79 Å². The van der Waals surface area contributed by atoms with Gasteiger partial charge in [-0.1, -0.05) is 31.5 Å². The lowest BCUT2D eigenvalue weighted by Crippen LogP contribution is -2.50. The third-order valence-electron chi connectivity index (χ3n) is 5.71. The van der Waals surface area contributed by atoms with Gasteiger partial charge in [-0.05, 0) is 69.7 Å². The molecular formula is C19H27NO. The van der Waals surface area contributed by atoms with Crippen LogP contribution in [0.4, 0.5) is 0 Å². The highest BCUT2D eigenvalue weighted by molar-refractivity contribution is 6.03. The van der Waals surface area contributed by atoms with Crippen molar-refractivity contribution in [3.8, 4) is 0 Å². The van der Waals surface area contributed by atoms with Gasteiger partial charge >= 0.3 is 0 Å². The monoisotopic (exact) mass is 285 g/mol. The lowest BCUT2D eigenvalue weighted by Gasteiger charge is -2.37. The summed E-state index contributed by atoms with van der Waals surface area (Å²) in [5, 5.41) is 0. The van der Waals surface area contributed by atoms with Crippen LogP contribution in [-0.4, -0.2) is 29.3 Å². The molecule has 0 aromatic heterocycles. The molecule has 1 unspecified atom stereocenters. The summed E-state index contributed by atoms with van der Waals surface area (Å²) in [6.07, 6.45) is 7.25. The minimum Gasteiger partial charge on any atom is -0.292 e. The molecule has 2 aliphatic rings. The van der Waals surface area contributed by atoms with E-state index in [2.05, 4.69) is 36.9 Å². The van der Waals surface area contributed by atoms with E-state index >= 15 is 0 Å². The molecule has 1 heterocycles. The van der Waals surface area contributed by atoms with Crippen molar-refractivity contribution in [2.24, 2.45) is 0 Å². The third-order valence-corrected chi connectivity index (χ3v) is 5.71. The van der Waals surface area contributed by atoms with Crippen LogP contribution < -0.4 is 0 Å². The quantitative estimate of drug-likeness (QED) is 0.747. The molecule has 0 spiro atoms. The van der Waals surface area contributed by atoms with Crippen LogP contribution in [-0.2, 0) is 0 Å². The van der Waals surface area contributed by atoms with Gasteiger partial charge in [0.15, 0.2) is 5.78 Å². The molecule has 1 atom stereocenters. The van der Waals surface area contributed by atoms with Crippen LogP contribution in [0, 0.1) is 0 Å². The van der Waals surface area contributed by atoms with Crippen molar-refractivity contribution in [1.29, 1.82) is 0 Å². The molecule has 1 aliphatic heterocycles. The maximum atomic E-state index is 13.1. The molecule has 0 bridgehead atoms. The Labute approximate surface area is 128 Å². The van der Waals surface area contributed by atoms with E-state index in [0.717, 1.165) is 25.1 Å². The normalized spacial score (nSPS) is 22.8. The van der Waals surface area contributed by atoms with Gasteiger partial charge in [-0.2, -0.15) is 0 Å². The Hall–Kier alpha value is -1.15. The fraction of sp³-hybridized carbons (Fsp3) is 0.632. The Morgan fingerprint density at radius 3 is 2.52 bits per heavy atom. The van der Waals surface area contributed by atoms with Crippen molar-refractivity contribution in [2.75, 3.05) is 13.1 Å². The standard InChI is InChI=1S/C19H27NO/c1-3-19(2,20-12-4-5-13-20)18(21)17-11-7-10-16(14-17)15-8-6-9-15/h7,10-11,14-15H,3-6,8-9,12-13H2,1-2H3. The van der Waals surface area contributed by atoms with Gasteiger partial charge in [-0.15, -0.1) is 0 Å². The zero-order valence-corrected chi connectivity index (χ0v) is 13.4. The second-order valence-electron chi connectivity index (χ2n) is 6.90. The van der Waals surface area contributed by atoms with E-state index in [4.69, 9.17) is 0 Å². The highest BCUT2D eigenvalue weighted by Crippen LogP contribution is 2.37. The maximum absolute atomic E-state index is 13.1. The fourth-order valence-electron chi connectivity index (χ4n) is 3.72. The molecule has 2 fully saturated rings. The highest BCUT2D eigenvalue weighted by Gasteiger charge is 2.39. The predicted octanol–water partition coefficient (Wildman–Crippen LogP) is 4.40. The molecular weight excluding hydrogens is 258 g/mol. The SMILES string of the molecule is CCC(C)(C(=O)c1cccc(C2CCC2)c1)N1CCCC1. The largest absolute Gasteiger partial charge is 0.292 e. The van der Waals surface area contributed by atoms with Gasteiger partial charge in [0, 0.05) is 5.56 Å². The van der Waals surface area contributed by atoms with Crippen molar-refractivity contribution in [3.05, 3.63) is 35.4 Å². The molecule has 0 amide bonds. The fourth-order valence-corrected chi connectivity index (χ4v) is 3.72. The first-order valence-electron chi connectivity index (χ1n) is 8.55. The molecule has 21 heavy (non-hydrogen) atoms. The van der Waals surface area contributed by atoms with Gasteiger partial charge in [0.25, 0.3) is 0 Å². The number of Topliss-reactive ketones (excluding diaryl/α,β-unsaturated/α-hetero) is 1. The van der Waals surface area contributed by atoms with Crippen molar-refractivity contribution >= 4 is 5.78 Å². The molecule has 1 aromatic rings. The smallest absolute Gasteiger partial charge is 0.182 e. The van der Waals surface area contributed by atoms with Crippen LogP contribution in [0.5, 0.6) is 0 Å². The Kier molecular flexibility index (Phi) is 4.17. The lowest BCUT2D eigenvalue weighted by atomic mass is 9.78. The van der Waals surface area contributed by atoms with E-state index in [0.29, 0.717) is 11.7 Å². The van der Waals surface area contributed by atoms with E-state index in [-0.39, 0.29) is 5.54 Å². The maximum Gasteiger partial charge on any atom is 0.182 e. The number of rotatable bonds is 5.